The van der Waals surface area contributed by atoms with Gasteiger partial charge in [-0.05, 0) is 51.1 Å². The average molecular weight is 311 g/mol. The molecule has 1 heterocycles. The van der Waals surface area contributed by atoms with Gasteiger partial charge in [0.25, 0.3) is 0 Å². The van der Waals surface area contributed by atoms with Gasteiger partial charge in [-0.2, -0.15) is 0 Å². The number of piperazine rings is 1. The molecule has 0 saturated carbocycles. The van der Waals surface area contributed by atoms with Gasteiger partial charge in [-0.1, -0.05) is 18.2 Å². The monoisotopic (exact) mass is 311 g/mol. The molecule has 0 radical (unpaired) electrons. The fraction of sp³-hybridized carbons (Fsp3) is 0.450. The molecule has 0 aromatic heterocycles. The molecule has 1 aliphatic rings. The van der Waals surface area contributed by atoms with E-state index in [2.05, 4.69) is 67.9 Å². The van der Waals surface area contributed by atoms with E-state index in [0.29, 0.717) is 6.54 Å². The van der Waals surface area contributed by atoms with E-state index in [1.54, 1.807) is 0 Å². The Morgan fingerprint density at radius 2 is 1.83 bits per heavy atom. The van der Waals surface area contributed by atoms with E-state index in [0.717, 1.165) is 37.5 Å². The molecule has 124 valence electrons. The summed E-state index contributed by atoms with van der Waals surface area (Å²) in [7, 11) is 2.19. The van der Waals surface area contributed by atoms with Gasteiger partial charge in [0.1, 0.15) is 0 Å². The lowest BCUT2D eigenvalue weighted by molar-refractivity contribution is 0.312. The van der Waals surface area contributed by atoms with E-state index in [1.165, 1.54) is 22.4 Å². The zero-order valence-corrected chi connectivity index (χ0v) is 15.0. The largest absolute Gasteiger partial charge is 0.369 e. The molecule has 0 N–H and O–H groups in total. The summed E-state index contributed by atoms with van der Waals surface area (Å²) in [6.07, 6.45) is 1.83. The molecule has 0 unspecified atom stereocenters. The topological polar surface area (TPSA) is 18.8 Å². The Balaban J connectivity index is 2.44. The molecule has 0 aliphatic carbocycles. The van der Waals surface area contributed by atoms with E-state index in [9.17, 15) is 0 Å². The summed E-state index contributed by atoms with van der Waals surface area (Å²) >= 11 is 0. The number of rotatable bonds is 5. The number of benzene rings is 1. The van der Waals surface area contributed by atoms with Gasteiger partial charge in [-0.15, -0.1) is 6.58 Å². The summed E-state index contributed by atoms with van der Waals surface area (Å²) in [4.78, 5) is 9.48. The predicted octanol–water partition coefficient (Wildman–Crippen LogP) is 3.77. The molecule has 3 heteroatoms. The number of anilines is 1. The highest BCUT2D eigenvalue weighted by molar-refractivity contribution is 6.03. The number of nitrogens with zero attached hydrogens (tertiary/aromatic N) is 3. The van der Waals surface area contributed by atoms with E-state index in [-0.39, 0.29) is 0 Å². The molecule has 0 atom stereocenters. The van der Waals surface area contributed by atoms with Crippen molar-refractivity contribution in [3.63, 3.8) is 0 Å². The molecule has 0 bridgehead atoms. The van der Waals surface area contributed by atoms with Crippen LogP contribution < -0.4 is 4.90 Å². The first-order valence-electron chi connectivity index (χ1n) is 8.30. The third-order valence-corrected chi connectivity index (χ3v) is 4.49. The van der Waals surface area contributed by atoms with E-state index in [1.807, 2.05) is 6.08 Å². The summed E-state index contributed by atoms with van der Waals surface area (Å²) in [5, 5.41) is 0. The second-order valence-corrected chi connectivity index (χ2v) is 6.47. The molecule has 1 aromatic rings. The van der Waals surface area contributed by atoms with Crippen LogP contribution in [-0.2, 0) is 0 Å². The Morgan fingerprint density at radius 3 is 2.39 bits per heavy atom. The molecular weight excluding hydrogens is 282 g/mol. The number of hydrogen-bond donors (Lipinski definition) is 0. The standard InChI is InChI=1S/C20H29N3/c1-7-8-21-17(5)19-14-20(16(4)13-18(19)15(2)3)23-11-9-22(6)10-12-23/h7,13-14H,1-2,8-12H2,3-6H3/b21-17-. The van der Waals surface area contributed by atoms with Crippen molar-refractivity contribution in [1.29, 1.82) is 0 Å². The molecule has 1 saturated heterocycles. The number of aryl methyl sites for hydroxylation is 1. The molecule has 2 rings (SSSR count). The van der Waals surface area contributed by atoms with Crippen LogP contribution in [0.1, 0.15) is 30.5 Å². The predicted molar refractivity (Wildman–Crippen MR) is 103 cm³/mol. The number of aliphatic imine (C=N–C) groups is 1. The minimum atomic E-state index is 0.652. The zero-order chi connectivity index (χ0) is 17.0. The van der Waals surface area contributed by atoms with Crippen molar-refractivity contribution < 1.29 is 0 Å². The van der Waals surface area contributed by atoms with Crippen molar-refractivity contribution in [2.24, 2.45) is 4.99 Å². The van der Waals surface area contributed by atoms with Gasteiger partial charge in [0.05, 0.1) is 6.54 Å². The van der Waals surface area contributed by atoms with Gasteiger partial charge in [-0.25, -0.2) is 0 Å². The number of allylic oxidation sites excluding steroid dienone is 1. The van der Waals surface area contributed by atoms with Gasteiger partial charge >= 0.3 is 0 Å². The highest BCUT2D eigenvalue weighted by Gasteiger charge is 2.18. The maximum Gasteiger partial charge on any atom is 0.0571 e. The third-order valence-electron chi connectivity index (χ3n) is 4.49. The lowest BCUT2D eigenvalue weighted by atomic mass is 9.94. The summed E-state index contributed by atoms with van der Waals surface area (Å²) < 4.78 is 0. The van der Waals surface area contributed by atoms with Crippen LogP contribution in [0.4, 0.5) is 5.69 Å². The van der Waals surface area contributed by atoms with E-state index < -0.39 is 0 Å². The van der Waals surface area contributed by atoms with Gasteiger partial charge in [0.2, 0.25) is 0 Å². The Labute approximate surface area is 141 Å². The highest BCUT2D eigenvalue weighted by Crippen LogP contribution is 2.29. The number of hydrogen-bond acceptors (Lipinski definition) is 3. The summed E-state index contributed by atoms with van der Waals surface area (Å²) in [5.74, 6) is 0. The first-order chi connectivity index (χ1) is 10.9. The van der Waals surface area contributed by atoms with Crippen molar-refractivity contribution in [2.45, 2.75) is 20.8 Å². The minimum Gasteiger partial charge on any atom is -0.369 e. The average Bonchev–Trinajstić information content (AvgIpc) is 2.53. The van der Waals surface area contributed by atoms with Crippen LogP contribution in [0, 0.1) is 6.92 Å². The van der Waals surface area contributed by atoms with E-state index in [4.69, 9.17) is 0 Å². The van der Waals surface area contributed by atoms with Crippen LogP contribution in [0.15, 0.2) is 36.4 Å². The van der Waals surface area contributed by atoms with Crippen LogP contribution in [0.25, 0.3) is 5.57 Å². The SMILES string of the molecule is C=CC/N=C(/C)c1cc(N2CCN(C)CC2)c(C)cc1C(=C)C. The molecule has 0 amide bonds. The fourth-order valence-corrected chi connectivity index (χ4v) is 3.02. The maximum atomic E-state index is 4.61. The van der Waals surface area contributed by atoms with Crippen molar-refractivity contribution in [3.05, 3.63) is 48.1 Å². The molecule has 0 spiro atoms. The highest BCUT2D eigenvalue weighted by atomic mass is 15.2. The molecule has 3 nitrogen and oxygen atoms in total. The summed E-state index contributed by atoms with van der Waals surface area (Å²) in [6.45, 7) is 19.3. The van der Waals surface area contributed by atoms with Crippen LogP contribution in [-0.4, -0.2) is 50.4 Å². The quantitative estimate of drug-likeness (QED) is 0.609. The van der Waals surface area contributed by atoms with Gasteiger partial charge < -0.3 is 9.80 Å². The molecule has 1 fully saturated rings. The van der Waals surface area contributed by atoms with Crippen LogP contribution in [0.3, 0.4) is 0 Å². The smallest absolute Gasteiger partial charge is 0.0571 e. The van der Waals surface area contributed by atoms with Crippen LogP contribution in [0.5, 0.6) is 0 Å². The molecular formula is C20H29N3. The normalized spacial score (nSPS) is 16.5. The lowest BCUT2D eigenvalue weighted by Gasteiger charge is -2.35. The van der Waals surface area contributed by atoms with Crippen molar-refractivity contribution in [2.75, 3.05) is 44.7 Å². The Bertz CT molecular complexity index is 620. The lowest BCUT2D eigenvalue weighted by Crippen LogP contribution is -2.44. The summed E-state index contributed by atoms with van der Waals surface area (Å²) in [5.41, 5.74) is 7.17. The first kappa shape index (κ1) is 17.5. The van der Waals surface area contributed by atoms with Crippen LogP contribution in [0.2, 0.25) is 0 Å². The van der Waals surface area contributed by atoms with E-state index >= 15 is 0 Å². The number of likely N-dealkylation sites (N-methyl/N-ethyl adjacent to an activating group) is 1. The second-order valence-electron chi connectivity index (χ2n) is 6.47. The van der Waals surface area contributed by atoms with Crippen molar-refractivity contribution in [1.82, 2.24) is 4.90 Å². The van der Waals surface area contributed by atoms with Gasteiger partial charge in [-0.3, -0.25) is 4.99 Å². The zero-order valence-electron chi connectivity index (χ0n) is 15.0. The van der Waals surface area contributed by atoms with Crippen LogP contribution >= 0.6 is 0 Å². The first-order valence-corrected chi connectivity index (χ1v) is 8.30. The Kier molecular flexibility index (Phi) is 5.78. The molecule has 1 aromatic carbocycles. The van der Waals surface area contributed by atoms with Gasteiger partial charge in [0.15, 0.2) is 0 Å². The molecule has 23 heavy (non-hydrogen) atoms. The second kappa shape index (κ2) is 7.60. The molecule has 1 aliphatic heterocycles. The Morgan fingerprint density at radius 1 is 1.17 bits per heavy atom. The fourth-order valence-electron chi connectivity index (χ4n) is 3.02. The minimum absolute atomic E-state index is 0.652. The van der Waals surface area contributed by atoms with Crippen molar-refractivity contribution in [3.8, 4) is 0 Å². The maximum absolute atomic E-state index is 4.61. The Hall–Kier alpha value is -1.87. The third kappa shape index (κ3) is 4.11. The van der Waals surface area contributed by atoms with Gasteiger partial charge in [0, 0.05) is 43.1 Å². The summed E-state index contributed by atoms with van der Waals surface area (Å²) in [6, 6.07) is 4.56. The van der Waals surface area contributed by atoms with Crippen molar-refractivity contribution >= 4 is 17.0 Å².